The number of anilines is 1. The number of aromatic nitrogens is 1. The summed E-state index contributed by atoms with van der Waals surface area (Å²) < 4.78 is 0. The molecule has 106 valence electrons. The van der Waals surface area contributed by atoms with Crippen LogP contribution in [0.3, 0.4) is 0 Å². The van der Waals surface area contributed by atoms with E-state index in [0.29, 0.717) is 0 Å². The molecule has 1 aliphatic heterocycles. The van der Waals surface area contributed by atoms with Crippen molar-refractivity contribution in [1.82, 2.24) is 10.3 Å². The minimum absolute atomic E-state index is 1.04. The van der Waals surface area contributed by atoms with Crippen LogP contribution in [0, 0.1) is 0 Å². The first-order valence-electron chi connectivity index (χ1n) is 7.31. The van der Waals surface area contributed by atoms with Crippen LogP contribution in [-0.4, -0.2) is 31.2 Å². The maximum atomic E-state index is 4.87. The molecule has 1 saturated heterocycles. The highest BCUT2D eigenvalue weighted by Crippen LogP contribution is 2.32. The molecular weight excluding hydrogens is 278 g/mol. The van der Waals surface area contributed by atoms with Crippen molar-refractivity contribution in [3.05, 3.63) is 47.8 Å². The third-order valence-electron chi connectivity index (χ3n) is 3.95. The zero-order chi connectivity index (χ0) is 14.1. The zero-order valence-electron chi connectivity index (χ0n) is 11.7. The van der Waals surface area contributed by atoms with Crippen LogP contribution in [0.2, 0.25) is 0 Å². The summed E-state index contributed by atoms with van der Waals surface area (Å²) in [6.45, 7) is 4.18. The number of nitrogens with zero attached hydrogens (tertiary/aromatic N) is 2. The zero-order valence-corrected chi connectivity index (χ0v) is 12.6. The highest BCUT2D eigenvalue weighted by atomic mass is 32.1. The molecule has 1 aliphatic rings. The van der Waals surface area contributed by atoms with Crippen molar-refractivity contribution in [2.45, 2.75) is 0 Å². The number of benzene rings is 2. The Balaban J connectivity index is 1.74. The molecule has 0 bridgehead atoms. The van der Waals surface area contributed by atoms with Gasteiger partial charge in [0.05, 0.1) is 5.69 Å². The lowest BCUT2D eigenvalue weighted by Gasteiger charge is -2.26. The maximum Gasteiger partial charge on any atom is 0.185 e. The summed E-state index contributed by atoms with van der Waals surface area (Å²) in [7, 11) is 0. The first kappa shape index (κ1) is 12.8. The summed E-state index contributed by atoms with van der Waals surface area (Å²) in [5.41, 5.74) is 2.32. The van der Waals surface area contributed by atoms with E-state index in [1.54, 1.807) is 11.3 Å². The average molecular weight is 295 g/mol. The van der Waals surface area contributed by atoms with E-state index >= 15 is 0 Å². The number of hydrogen-bond acceptors (Lipinski definition) is 4. The number of fused-ring (bicyclic) bond motifs is 1. The van der Waals surface area contributed by atoms with Gasteiger partial charge < -0.3 is 10.2 Å². The standard InChI is InChI=1S/C17H17N3S/c1-2-6-14-13(4-1)5-3-7-15(14)16-12-21-17(19-16)20-10-8-18-9-11-20/h1-7,12,18H,8-11H2. The monoisotopic (exact) mass is 295 g/mol. The summed E-state index contributed by atoms with van der Waals surface area (Å²) >= 11 is 1.75. The fourth-order valence-electron chi connectivity index (χ4n) is 2.84. The normalized spacial score (nSPS) is 15.5. The van der Waals surface area contributed by atoms with E-state index in [0.717, 1.165) is 37.0 Å². The quantitative estimate of drug-likeness (QED) is 0.785. The predicted octanol–water partition coefficient (Wildman–Crippen LogP) is 3.37. The molecule has 0 radical (unpaired) electrons. The van der Waals surface area contributed by atoms with Crippen molar-refractivity contribution >= 4 is 27.2 Å². The second-order valence-electron chi connectivity index (χ2n) is 5.28. The van der Waals surface area contributed by atoms with Gasteiger partial charge in [-0.25, -0.2) is 4.98 Å². The molecule has 0 amide bonds. The number of thiazole rings is 1. The number of rotatable bonds is 2. The van der Waals surface area contributed by atoms with Gasteiger partial charge in [-0.2, -0.15) is 0 Å². The van der Waals surface area contributed by atoms with Gasteiger partial charge in [0.1, 0.15) is 0 Å². The van der Waals surface area contributed by atoms with Gasteiger partial charge in [-0.3, -0.25) is 0 Å². The second kappa shape index (κ2) is 5.47. The Morgan fingerprint density at radius 3 is 2.71 bits per heavy atom. The van der Waals surface area contributed by atoms with E-state index in [-0.39, 0.29) is 0 Å². The van der Waals surface area contributed by atoms with Crippen molar-refractivity contribution in [1.29, 1.82) is 0 Å². The molecule has 4 heteroatoms. The minimum atomic E-state index is 1.04. The lowest BCUT2D eigenvalue weighted by molar-refractivity contribution is 0.588. The second-order valence-corrected chi connectivity index (χ2v) is 6.12. The highest BCUT2D eigenvalue weighted by molar-refractivity contribution is 7.14. The first-order valence-corrected chi connectivity index (χ1v) is 8.19. The SMILES string of the molecule is c1ccc2c(-c3csc(N4CCNCC4)n3)cccc2c1. The Morgan fingerprint density at radius 2 is 1.81 bits per heavy atom. The number of piperazine rings is 1. The summed E-state index contributed by atoms with van der Waals surface area (Å²) in [5, 5.41) is 9.25. The maximum absolute atomic E-state index is 4.87. The van der Waals surface area contributed by atoms with Gasteiger partial charge in [0.2, 0.25) is 0 Å². The Bertz CT molecular complexity index is 754. The summed E-state index contributed by atoms with van der Waals surface area (Å²) in [6, 6.07) is 14.9. The third kappa shape index (κ3) is 2.41. The summed E-state index contributed by atoms with van der Waals surface area (Å²) in [5.74, 6) is 0. The highest BCUT2D eigenvalue weighted by Gasteiger charge is 2.15. The van der Waals surface area contributed by atoms with Crippen molar-refractivity contribution in [3.63, 3.8) is 0 Å². The van der Waals surface area contributed by atoms with E-state index in [1.165, 1.54) is 16.3 Å². The molecule has 21 heavy (non-hydrogen) atoms. The van der Waals surface area contributed by atoms with E-state index in [4.69, 9.17) is 4.98 Å². The molecule has 3 aromatic rings. The molecule has 0 saturated carbocycles. The van der Waals surface area contributed by atoms with Crippen LogP contribution in [0.25, 0.3) is 22.0 Å². The van der Waals surface area contributed by atoms with Gasteiger partial charge in [-0.05, 0) is 10.8 Å². The smallest absolute Gasteiger partial charge is 0.185 e. The number of hydrogen-bond donors (Lipinski definition) is 1. The van der Waals surface area contributed by atoms with E-state index in [2.05, 4.69) is 58.1 Å². The lowest BCUT2D eigenvalue weighted by Crippen LogP contribution is -2.43. The van der Waals surface area contributed by atoms with Crippen molar-refractivity contribution < 1.29 is 0 Å². The molecule has 1 aromatic heterocycles. The largest absolute Gasteiger partial charge is 0.346 e. The molecule has 0 atom stereocenters. The summed E-state index contributed by atoms with van der Waals surface area (Å²) in [6.07, 6.45) is 0. The molecule has 2 heterocycles. The van der Waals surface area contributed by atoms with Gasteiger partial charge in [0.25, 0.3) is 0 Å². The molecule has 1 fully saturated rings. The minimum Gasteiger partial charge on any atom is -0.346 e. The van der Waals surface area contributed by atoms with Gasteiger partial charge in [0.15, 0.2) is 5.13 Å². The fraction of sp³-hybridized carbons (Fsp3) is 0.235. The van der Waals surface area contributed by atoms with Gasteiger partial charge in [-0.1, -0.05) is 42.5 Å². The Labute approximate surface area is 128 Å². The molecule has 0 spiro atoms. The first-order chi connectivity index (χ1) is 10.4. The Morgan fingerprint density at radius 1 is 1.00 bits per heavy atom. The van der Waals surface area contributed by atoms with E-state index < -0.39 is 0 Å². The van der Waals surface area contributed by atoms with Gasteiger partial charge in [-0.15, -0.1) is 11.3 Å². The molecule has 3 nitrogen and oxygen atoms in total. The van der Waals surface area contributed by atoms with Crippen molar-refractivity contribution in [2.75, 3.05) is 31.1 Å². The molecule has 0 aliphatic carbocycles. The van der Waals surface area contributed by atoms with Crippen LogP contribution >= 0.6 is 11.3 Å². The Kier molecular flexibility index (Phi) is 3.33. The fourth-order valence-corrected chi connectivity index (χ4v) is 3.72. The molecule has 2 aromatic carbocycles. The van der Waals surface area contributed by atoms with E-state index in [9.17, 15) is 0 Å². The van der Waals surface area contributed by atoms with Crippen molar-refractivity contribution in [3.8, 4) is 11.3 Å². The Hall–Kier alpha value is -1.91. The average Bonchev–Trinajstić information content (AvgIpc) is 3.05. The predicted molar refractivity (Wildman–Crippen MR) is 90.1 cm³/mol. The van der Waals surface area contributed by atoms with Gasteiger partial charge >= 0.3 is 0 Å². The topological polar surface area (TPSA) is 28.2 Å². The summed E-state index contributed by atoms with van der Waals surface area (Å²) in [4.78, 5) is 7.24. The van der Waals surface area contributed by atoms with Crippen LogP contribution < -0.4 is 10.2 Å². The van der Waals surface area contributed by atoms with Crippen LogP contribution in [-0.2, 0) is 0 Å². The van der Waals surface area contributed by atoms with Crippen LogP contribution in [0.1, 0.15) is 0 Å². The van der Waals surface area contributed by atoms with Crippen LogP contribution in [0.15, 0.2) is 47.8 Å². The molecule has 1 N–H and O–H groups in total. The van der Waals surface area contributed by atoms with E-state index in [1.807, 2.05) is 0 Å². The lowest BCUT2D eigenvalue weighted by atomic mass is 10.0. The molecular formula is C17H17N3S. The van der Waals surface area contributed by atoms with Gasteiger partial charge in [0, 0.05) is 37.1 Å². The molecule has 4 rings (SSSR count). The third-order valence-corrected chi connectivity index (χ3v) is 4.85. The van der Waals surface area contributed by atoms with Crippen LogP contribution in [0.4, 0.5) is 5.13 Å². The van der Waals surface area contributed by atoms with Crippen LogP contribution in [0.5, 0.6) is 0 Å². The van der Waals surface area contributed by atoms with Crippen molar-refractivity contribution in [2.24, 2.45) is 0 Å². The number of nitrogens with one attached hydrogen (secondary N) is 1. The molecule has 0 unspecified atom stereocenters.